The summed E-state index contributed by atoms with van der Waals surface area (Å²) >= 11 is 11.9. The lowest BCUT2D eigenvalue weighted by Crippen LogP contribution is -2.41. The van der Waals surface area contributed by atoms with Crippen molar-refractivity contribution in [3.05, 3.63) is 39.9 Å². The van der Waals surface area contributed by atoms with Crippen LogP contribution >= 0.6 is 23.2 Å². The highest BCUT2D eigenvalue weighted by Crippen LogP contribution is 2.23. The third-order valence-electron chi connectivity index (χ3n) is 5.40. The van der Waals surface area contributed by atoms with Gasteiger partial charge in [-0.1, -0.05) is 35.7 Å². The van der Waals surface area contributed by atoms with E-state index in [-0.39, 0.29) is 11.8 Å². The first-order valence-corrected chi connectivity index (χ1v) is 10.7. The molecule has 0 aliphatic carbocycles. The molecule has 2 saturated heterocycles. The van der Waals surface area contributed by atoms with Crippen molar-refractivity contribution in [1.82, 2.24) is 14.7 Å². The standard InChI is InChI=1S/C21H27Cl2N3O2/c22-18-6-4-17(16-19(18)23)5-7-20(27)25-11-8-21(28)26(15-14-25)13-12-24-9-2-1-3-10-24/h4-7,16H,1-3,8-15H2. The van der Waals surface area contributed by atoms with Crippen molar-refractivity contribution in [2.24, 2.45) is 0 Å². The van der Waals surface area contributed by atoms with Crippen LogP contribution in [0, 0.1) is 0 Å². The van der Waals surface area contributed by atoms with E-state index in [4.69, 9.17) is 23.2 Å². The molecule has 0 N–H and O–H groups in total. The van der Waals surface area contributed by atoms with Crippen molar-refractivity contribution in [1.29, 1.82) is 0 Å². The molecule has 2 aliphatic heterocycles. The Balaban J connectivity index is 1.51. The summed E-state index contributed by atoms with van der Waals surface area (Å²) < 4.78 is 0. The Labute approximate surface area is 176 Å². The van der Waals surface area contributed by atoms with Crippen molar-refractivity contribution >= 4 is 41.1 Å². The summed E-state index contributed by atoms with van der Waals surface area (Å²) in [5.41, 5.74) is 0.816. The fourth-order valence-electron chi connectivity index (χ4n) is 3.66. The molecule has 2 amide bonds. The normalized spacial score (nSPS) is 19.3. The average molecular weight is 424 g/mol. The number of hydrogen-bond acceptors (Lipinski definition) is 3. The van der Waals surface area contributed by atoms with Crippen LogP contribution in [0.25, 0.3) is 6.08 Å². The lowest BCUT2D eigenvalue weighted by molar-refractivity contribution is -0.130. The zero-order valence-corrected chi connectivity index (χ0v) is 17.6. The minimum atomic E-state index is -0.0863. The van der Waals surface area contributed by atoms with Gasteiger partial charge in [0.2, 0.25) is 11.8 Å². The minimum absolute atomic E-state index is 0.0863. The Morgan fingerprint density at radius 1 is 0.964 bits per heavy atom. The number of rotatable bonds is 5. The number of amides is 2. The van der Waals surface area contributed by atoms with Gasteiger partial charge in [0.05, 0.1) is 10.0 Å². The highest BCUT2D eigenvalue weighted by Gasteiger charge is 2.23. The van der Waals surface area contributed by atoms with Crippen LogP contribution in [-0.2, 0) is 9.59 Å². The number of halogens is 2. The molecule has 1 aromatic carbocycles. The summed E-state index contributed by atoms with van der Waals surface area (Å²) in [6.07, 6.45) is 7.46. The first kappa shape index (κ1) is 21.2. The molecule has 0 saturated carbocycles. The van der Waals surface area contributed by atoms with Gasteiger partial charge in [-0.15, -0.1) is 0 Å². The van der Waals surface area contributed by atoms with E-state index >= 15 is 0 Å². The quantitative estimate of drug-likeness (QED) is 0.680. The third-order valence-corrected chi connectivity index (χ3v) is 6.14. The van der Waals surface area contributed by atoms with Gasteiger partial charge in [-0.3, -0.25) is 9.59 Å². The van der Waals surface area contributed by atoms with E-state index in [1.165, 1.54) is 25.3 Å². The maximum atomic E-state index is 12.5. The summed E-state index contributed by atoms with van der Waals surface area (Å²) in [6, 6.07) is 5.24. The van der Waals surface area contributed by atoms with Crippen LogP contribution in [0.3, 0.4) is 0 Å². The van der Waals surface area contributed by atoms with Crippen LogP contribution < -0.4 is 0 Å². The average Bonchev–Trinajstić information content (AvgIpc) is 2.89. The number of carbonyl (C=O) groups is 2. The van der Waals surface area contributed by atoms with Crippen LogP contribution in [0.1, 0.15) is 31.2 Å². The van der Waals surface area contributed by atoms with Gasteiger partial charge in [-0.05, 0) is 49.7 Å². The van der Waals surface area contributed by atoms with Gasteiger partial charge >= 0.3 is 0 Å². The van der Waals surface area contributed by atoms with Crippen molar-refractivity contribution in [3.8, 4) is 0 Å². The number of carbonyl (C=O) groups excluding carboxylic acids is 2. The molecule has 1 aromatic rings. The predicted molar refractivity (Wildman–Crippen MR) is 114 cm³/mol. The fraction of sp³-hybridized carbons (Fsp3) is 0.524. The van der Waals surface area contributed by atoms with Crippen molar-refractivity contribution < 1.29 is 9.59 Å². The van der Waals surface area contributed by atoms with Gasteiger partial charge in [0.1, 0.15) is 0 Å². The van der Waals surface area contributed by atoms with Crippen LogP contribution in [0.15, 0.2) is 24.3 Å². The Morgan fingerprint density at radius 3 is 2.50 bits per heavy atom. The molecule has 2 fully saturated rings. The molecule has 7 heteroatoms. The zero-order chi connectivity index (χ0) is 19.9. The van der Waals surface area contributed by atoms with E-state index < -0.39 is 0 Å². The summed E-state index contributed by atoms with van der Waals surface area (Å²) in [4.78, 5) is 31.1. The second kappa shape index (κ2) is 10.3. The summed E-state index contributed by atoms with van der Waals surface area (Å²) in [5, 5.41) is 0.946. The van der Waals surface area contributed by atoms with E-state index in [1.807, 2.05) is 11.0 Å². The fourth-order valence-corrected chi connectivity index (χ4v) is 3.96. The number of benzene rings is 1. The highest BCUT2D eigenvalue weighted by molar-refractivity contribution is 6.42. The molecule has 0 atom stereocenters. The van der Waals surface area contributed by atoms with Gasteiger partial charge in [-0.25, -0.2) is 0 Å². The molecule has 3 rings (SSSR count). The molecule has 28 heavy (non-hydrogen) atoms. The van der Waals surface area contributed by atoms with E-state index in [0.717, 1.165) is 31.7 Å². The van der Waals surface area contributed by atoms with Crippen LogP contribution in [0.4, 0.5) is 0 Å². The summed E-state index contributed by atoms with van der Waals surface area (Å²) in [6.45, 7) is 5.56. The highest BCUT2D eigenvalue weighted by atomic mass is 35.5. The van der Waals surface area contributed by atoms with Crippen LogP contribution in [-0.4, -0.2) is 72.3 Å². The van der Waals surface area contributed by atoms with Crippen LogP contribution in [0.5, 0.6) is 0 Å². The topological polar surface area (TPSA) is 43.9 Å². The molecule has 0 bridgehead atoms. The zero-order valence-electron chi connectivity index (χ0n) is 16.1. The Hall–Kier alpha value is -1.56. The molecule has 0 unspecified atom stereocenters. The lowest BCUT2D eigenvalue weighted by atomic mass is 10.1. The third kappa shape index (κ3) is 5.97. The molecule has 5 nitrogen and oxygen atoms in total. The SMILES string of the molecule is O=C(C=Cc1ccc(Cl)c(Cl)c1)N1CCC(=O)N(CCN2CCCCC2)CC1. The largest absolute Gasteiger partial charge is 0.340 e. The predicted octanol–water partition coefficient (Wildman–Crippen LogP) is 3.55. The van der Waals surface area contributed by atoms with E-state index in [9.17, 15) is 9.59 Å². The summed E-state index contributed by atoms with van der Waals surface area (Å²) in [7, 11) is 0. The number of nitrogens with zero attached hydrogens (tertiary/aromatic N) is 3. The Bertz CT molecular complexity index is 732. The Kier molecular flexibility index (Phi) is 7.77. The first-order chi connectivity index (χ1) is 13.5. The van der Waals surface area contributed by atoms with E-state index in [1.54, 1.807) is 23.1 Å². The summed E-state index contributed by atoms with van der Waals surface area (Å²) in [5.74, 6) is 0.0533. The second-order valence-electron chi connectivity index (χ2n) is 7.37. The molecule has 0 aromatic heterocycles. The maximum absolute atomic E-state index is 12.5. The number of piperidine rings is 1. The van der Waals surface area contributed by atoms with Crippen molar-refractivity contribution in [2.75, 3.05) is 45.8 Å². The molecule has 2 aliphatic rings. The molecule has 152 valence electrons. The van der Waals surface area contributed by atoms with Gasteiger partial charge < -0.3 is 14.7 Å². The number of likely N-dealkylation sites (tertiary alicyclic amines) is 1. The minimum Gasteiger partial charge on any atom is -0.340 e. The molecule has 0 spiro atoms. The monoisotopic (exact) mass is 423 g/mol. The number of hydrogen-bond donors (Lipinski definition) is 0. The molecular formula is C21H27Cl2N3O2. The second-order valence-corrected chi connectivity index (χ2v) is 8.18. The van der Waals surface area contributed by atoms with E-state index in [0.29, 0.717) is 36.1 Å². The molecular weight excluding hydrogens is 397 g/mol. The van der Waals surface area contributed by atoms with Gasteiger partial charge in [-0.2, -0.15) is 0 Å². The van der Waals surface area contributed by atoms with Crippen molar-refractivity contribution in [2.45, 2.75) is 25.7 Å². The van der Waals surface area contributed by atoms with Crippen LogP contribution in [0.2, 0.25) is 10.0 Å². The first-order valence-electron chi connectivity index (χ1n) is 9.95. The van der Waals surface area contributed by atoms with E-state index in [2.05, 4.69) is 4.90 Å². The molecule has 2 heterocycles. The molecule has 0 radical (unpaired) electrons. The Morgan fingerprint density at radius 2 is 1.75 bits per heavy atom. The van der Waals surface area contributed by atoms with Gasteiger partial charge in [0, 0.05) is 45.2 Å². The lowest BCUT2D eigenvalue weighted by Gasteiger charge is -2.29. The maximum Gasteiger partial charge on any atom is 0.246 e. The smallest absolute Gasteiger partial charge is 0.246 e. The van der Waals surface area contributed by atoms with Gasteiger partial charge in [0.25, 0.3) is 0 Å². The van der Waals surface area contributed by atoms with Crippen molar-refractivity contribution in [3.63, 3.8) is 0 Å². The van der Waals surface area contributed by atoms with Gasteiger partial charge in [0.15, 0.2) is 0 Å².